The van der Waals surface area contributed by atoms with Crippen LogP contribution >= 0.6 is 11.3 Å². The smallest absolute Gasteiger partial charge is 0.310 e. The second kappa shape index (κ2) is 5.99. The fourth-order valence-corrected chi connectivity index (χ4v) is 3.48. The molecule has 0 N–H and O–H groups in total. The molecule has 0 radical (unpaired) electrons. The first-order chi connectivity index (χ1) is 10.2. The molecule has 2 unspecified atom stereocenters. The third-order valence-corrected chi connectivity index (χ3v) is 4.78. The van der Waals surface area contributed by atoms with E-state index in [4.69, 9.17) is 9.26 Å². The highest BCUT2D eigenvalue weighted by atomic mass is 32.1. The molecule has 1 aliphatic heterocycles. The van der Waals surface area contributed by atoms with Gasteiger partial charge in [-0.05, 0) is 17.4 Å². The van der Waals surface area contributed by atoms with E-state index in [0.717, 1.165) is 29.4 Å². The lowest BCUT2D eigenvalue weighted by Gasteiger charge is -2.12. The summed E-state index contributed by atoms with van der Waals surface area (Å²) in [4.78, 5) is 15.0. The van der Waals surface area contributed by atoms with E-state index >= 15 is 0 Å². The Morgan fingerprint density at radius 1 is 1.57 bits per heavy atom. The standard InChI is InChI=1S/C15H18N2O3S/c1-10-7-17(9-12(10)15(18)19-2)8-11-6-13(20-16-11)14-4-3-5-21-14/h3-6,10,12H,7-9H2,1-2H3. The van der Waals surface area contributed by atoms with Crippen molar-refractivity contribution in [2.24, 2.45) is 11.8 Å². The zero-order valence-electron chi connectivity index (χ0n) is 12.1. The lowest BCUT2D eigenvalue weighted by atomic mass is 9.99. The van der Waals surface area contributed by atoms with Gasteiger partial charge in [0.25, 0.3) is 0 Å². The van der Waals surface area contributed by atoms with Crippen molar-refractivity contribution in [3.05, 3.63) is 29.3 Å². The maximum atomic E-state index is 11.7. The van der Waals surface area contributed by atoms with Crippen LogP contribution in [0.1, 0.15) is 12.6 Å². The molecule has 0 aromatic carbocycles. The van der Waals surface area contributed by atoms with Gasteiger partial charge in [0.15, 0.2) is 5.76 Å². The van der Waals surface area contributed by atoms with Crippen molar-refractivity contribution in [1.82, 2.24) is 10.1 Å². The number of carbonyl (C=O) groups excluding carboxylic acids is 1. The van der Waals surface area contributed by atoms with Crippen molar-refractivity contribution in [2.75, 3.05) is 20.2 Å². The largest absolute Gasteiger partial charge is 0.469 e. The minimum absolute atomic E-state index is 0.0429. The zero-order valence-corrected chi connectivity index (χ0v) is 12.9. The summed E-state index contributed by atoms with van der Waals surface area (Å²) in [6.07, 6.45) is 0. The van der Waals surface area contributed by atoms with Gasteiger partial charge < -0.3 is 9.26 Å². The number of likely N-dealkylation sites (tertiary alicyclic amines) is 1. The number of hydrogen-bond acceptors (Lipinski definition) is 6. The quantitative estimate of drug-likeness (QED) is 0.813. The Kier molecular flexibility index (Phi) is 4.07. The minimum atomic E-state index is -0.121. The summed E-state index contributed by atoms with van der Waals surface area (Å²) in [7, 11) is 1.45. The highest BCUT2D eigenvalue weighted by molar-refractivity contribution is 7.13. The van der Waals surface area contributed by atoms with Crippen LogP contribution in [-0.4, -0.2) is 36.2 Å². The average molecular weight is 306 g/mol. The molecule has 21 heavy (non-hydrogen) atoms. The van der Waals surface area contributed by atoms with Gasteiger partial charge in [-0.1, -0.05) is 18.1 Å². The molecule has 5 nitrogen and oxygen atoms in total. The minimum Gasteiger partial charge on any atom is -0.469 e. The van der Waals surface area contributed by atoms with Crippen molar-refractivity contribution in [3.8, 4) is 10.6 Å². The number of methoxy groups -OCH3 is 1. The molecule has 2 atom stereocenters. The maximum Gasteiger partial charge on any atom is 0.310 e. The molecule has 1 fully saturated rings. The Morgan fingerprint density at radius 3 is 3.14 bits per heavy atom. The number of nitrogens with zero attached hydrogens (tertiary/aromatic N) is 2. The number of ether oxygens (including phenoxy) is 1. The number of aromatic nitrogens is 1. The molecule has 0 saturated carbocycles. The van der Waals surface area contributed by atoms with E-state index in [0.29, 0.717) is 12.5 Å². The molecule has 1 aliphatic rings. The molecule has 0 aliphatic carbocycles. The van der Waals surface area contributed by atoms with Crippen LogP contribution in [-0.2, 0) is 16.1 Å². The normalized spacial score (nSPS) is 22.6. The van der Waals surface area contributed by atoms with E-state index in [-0.39, 0.29) is 11.9 Å². The molecular weight excluding hydrogens is 288 g/mol. The Hall–Kier alpha value is -1.66. The second-order valence-corrected chi connectivity index (χ2v) is 6.41. The van der Waals surface area contributed by atoms with Crippen molar-refractivity contribution >= 4 is 17.3 Å². The topological polar surface area (TPSA) is 55.6 Å². The summed E-state index contributed by atoms with van der Waals surface area (Å²) in [5, 5.41) is 6.14. The SMILES string of the molecule is COC(=O)C1CN(Cc2cc(-c3cccs3)on2)CC1C. The van der Waals surface area contributed by atoms with E-state index in [1.54, 1.807) is 11.3 Å². The van der Waals surface area contributed by atoms with E-state index in [1.807, 2.05) is 23.6 Å². The van der Waals surface area contributed by atoms with Crippen molar-refractivity contribution in [1.29, 1.82) is 0 Å². The van der Waals surface area contributed by atoms with E-state index < -0.39 is 0 Å². The molecule has 2 aromatic rings. The van der Waals surface area contributed by atoms with Gasteiger partial charge in [0.2, 0.25) is 0 Å². The van der Waals surface area contributed by atoms with Crippen molar-refractivity contribution in [2.45, 2.75) is 13.5 Å². The number of carbonyl (C=O) groups is 1. The fourth-order valence-electron chi connectivity index (χ4n) is 2.80. The predicted octanol–water partition coefficient (Wildman–Crippen LogP) is 2.64. The second-order valence-electron chi connectivity index (χ2n) is 5.46. The van der Waals surface area contributed by atoms with Crippen LogP contribution in [0.25, 0.3) is 10.6 Å². The Balaban J connectivity index is 1.64. The summed E-state index contributed by atoms with van der Waals surface area (Å²) >= 11 is 1.63. The lowest BCUT2D eigenvalue weighted by molar-refractivity contribution is -0.146. The molecular formula is C15H18N2O3S. The summed E-state index contributed by atoms with van der Waals surface area (Å²) in [6, 6.07) is 5.98. The van der Waals surface area contributed by atoms with Crippen LogP contribution in [0.3, 0.4) is 0 Å². The zero-order chi connectivity index (χ0) is 14.8. The lowest BCUT2D eigenvalue weighted by Crippen LogP contribution is -2.24. The molecule has 1 saturated heterocycles. The summed E-state index contributed by atoms with van der Waals surface area (Å²) in [5.74, 6) is 0.945. The van der Waals surface area contributed by atoms with Crippen molar-refractivity contribution < 1.29 is 14.1 Å². The fraction of sp³-hybridized carbons (Fsp3) is 0.467. The third-order valence-electron chi connectivity index (χ3n) is 3.90. The Labute approximate surface area is 127 Å². The van der Waals surface area contributed by atoms with Gasteiger partial charge in [-0.15, -0.1) is 11.3 Å². The van der Waals surface area contributed by atoms with E-state index in [1.165, 1.54) is 7.11 Å². The van der Waals surface area contributed by atoms with Gasteiger partial charge in [0.1, 0.15) is 0 Å². The molecule has 6 heteroatoms. The number of hydrogen-bond donors (Lipinski definition) is 0. The third kappa shape index (κ3) is 3.01. The number of esters is 1. The summed E-state index contributed by atoms with van der Waals surface area (Å²) in [6.45, 7) is 4.38. The van der Waals surface area contributed by atoms with Crippen LogP contribution in [0, 0.1) is 11.8 Å². The van der Waals surface area contributed by atoms with Gasteiger partial charge in [-0.3, -0.25) is 9.69 Å². The average Bonchev–Trinajstić information content (AvgIpc) is 3.18. The molecule has 3 rings (SSSR count). The maximum absolute atomic E-state index is 11.7. The van der Waals surface area contributed by atoms with E-state index in [9.17, 15) is 4.79 Å². The van der Waals surface area contributed by atoms with Gasteiger partial charge in [0.05, 0.1) is 23.6 Å². The van der Waals surface area contributed by atoms with Crippen LogP contribution < -0.4 is 0 Å². The van der Waals surface area contributed by atoms with Gasteiger partial charge in [-0.2, -0.15) is 0 Å². The van der Waals surface area contributed by atoms with Crippen LogP contribution in [0.5, 0.6) is 0 Å². The number of rotatable bonds is 4. The summed E-state index contributed by atoms with van der Waals surface area (Å²) in [5.41, 5.74) is 0.899. The highest BCUT2D eigenvalue weighted by Crippen LogP contribution is 2.28. The molecule has 2 aromatic heterocycles. The Bertz CT molecular complexity index is 608. The van der Waals surface area contributed by atoms with Crippen LogP contribution in [0.4, 0.5) is 0 Å². The van der Waals surface area contributed by atoms with Crippen LogP contribution in [0.15, 0.2) is 28.1 Å². The Morgan fingerprint density at radius 2 is 2.43 bits per heavy atom. The van der Waals surface area contributed by atoms with Gasteiger partial charge in [-0.25, -0.2) is 0 Å². The first-order valence-corrected chi connectivity index (χ1v) is 7.85. The van der Waals surface area contributed by atoms with Crippen molar-refractivity contribution in [3.63, 3.8) is 0 Å². The number of thiophene rings is 1. The van der Waals surface area contributed by atoms with E-state index in [2.05, 4.69) is 17.0 Å². The molecule has 3 heterocycles. The first-order valence-electron chi connectivity index (χ1n) is 6.97. The summed E-state index contributed by atoms with van der Waals surface area (Å²) < 4.78 is 10.2. The molecule has 112 valence electrons. The predicted molar refractivity (Wildman–Crippen MR) is 79.8 cm³/mol. The molecule has 0 amide bonds. The highest BCUT2D eigenvalue weighted by Gasteiger charge is 2.35. The van der Waals surface area contributed by atoms with Gasteiger partial charge in [0, 0.05) is 25.7 Å². The molecule has 0 spiro atoms. The van der Waals surface area contributed by atoms with Crippen LogP contribution in [0.2, 0.25) is 0 Å². The first kappa shape index (κ1) is 14.3. The molecule has 0 bridgehead atoms. The monoisotopic (exact) mass is 306 g/mol. The van der Waals surface area contributed by atoms with Gasteiger partial charge >= 0.3 is 5.97 Å².